The molecule has 6 nitrogen and oxygen atoms in total. The largest absolute Gasteiger partial charge is 0.362 e. The molecule has 4 rings (SSSR count). The maximum Gasteiger partial charge on any atom is 0.166 e. The van der Waals surface area contributed by atoms with E-state index in [2.05, 4.69) is 31.6 Å². The zero-order valence-electron chi connectivity index (χ0n) is 15.2. The average molecular weight is 423 g/mol. The van der Waals surface area contributed by atoms with Crippen molar-refractivity contribution in [3.05, 3.63) is 87.3 Å². The molecule has 0 saturated heterocycles. The Morgan fingerprint density at radius 1 is 1.03 bits per heavy atom. The van der Waals surface area contributed by atoms with E-state index < -0.39 is 0 Å². The minimum absolute atomic E-state index is 0.356. The monoisotopic (exact) mass is 422 g/mol. The number of hydrogen-bond acceptors (Lipinski definition) is 4. The first-order chi connectivity index (χ1) is 14.1. The first-order valence-electron chi connectivity index (χ1n) is 8.89. The van der Waals surface area contributed by atoms with Crippen LogP contribution in [0.3, 0.4) is 0 Å². The van der Waals surface area contributed by atoms with Crippen LogP contribution >= 0.6 is 23.2 Å². The van der Waals surface area contributed by atoms with Crippen LogP contribution in [-0.4, -0.2) is 20.2 Å². The summed E-state index contributed by atoms with van der Waals surface area (Å²) in [6.45, 7) is 0.356. The number of anilines is 1. The van der Waals surface area contributed by atoms with E-state index in [0.717, 1.165) is 16.8 Å². The van der Waals surface area contributed by atoms with Crippen molar-refractivity contribution in [2.24, 2.45) is 0 Å². The van der Waals surface area contributed by atoms with Crippen LogP contribution in [-0.2, 0) is 13.0 Å². The van der Waals surface area contributed by atoms with Crippen molar-refractivity contribution in [2.45, 2.75) is 13.0 Å². The summed E-state index contributed by atoms with van der Waals surface area (Å²) in [4.78, 5) is 7.59. The number of rotatable bonds is 6. The normalized spacial score (nSPS) is 10.7. The third kappa shape index (κ3) is 4.27. The number of aromatic amines is 2. The molecule has 0 bridgehead atoms. The van der Waals surface area contributed by atoms with Crippen molar-refractivity contribution >= 4 is 29.0 Å². The molecular formula is C21H16Cl2N6. The number of nitrogens with zero attached hydrogens (tertiary/aromatic N) is 3. The second-order valence-electron chi connectivity index (χ2n) is 6.42. The predicted molar refractivity (Wildman–Crippen MR) is 114 cm³/mol. The van der Waals surface area contributed by atoms with Gasteiger partial charge in [-0.2, -0.15) is 10.4 Å². The summed E-state index contributed by atoms with van der Waals surface area (Å²) in [6.07, 6.45) is 0.529. The predicted octanol–water partition coefficient (Wildman–Crippen LogP) is 5.18. The highest BCUT2D eigenvalue weighted by Gasteiger charge is 2.15. The molecule has 0 radical (unpaired) electrons. The molecule has 0 spiro atoms. The van der Waals surface area contributed by atoms with E-state index in [9.17, 15) is 5.26 Å². The maximum atomic E-state index is 9.60. The topological polar surface area (TPSA) is 93.2 Å². The van der Waals surface area contributed by atoms with E-state index in [0.29, 0.717) is 46.0 Å². The van der Waals surface area contributed by atoms with Gasteiger partial charge in [0.15, 0.2) is 11.0 Å². The Labute approximate surface area is 177 Å². The number of halogens is 2. The minimum Gasteiger partial charge on any atom is -0.362 e. The zero-order chi connectivity index (χ0) is 20.2. The molecule has 4 aromatic rings. The van der Waals surface area contributed by atoms with Crippen molar-refractivity contribution in [3.63, 3.8) is 0 Å². The summed E-state index contributed by atoms with van der Waals surface area (Å²) < 4.78 is 0. The number of aromatic nitrogens is 4. The molecular weight excluding hydrogens is 407 g/mol. The van der Waals surface area contributed by atoms with Crippen LogP contribution in [0.1, 0.15) is 22.5 Å². The fraction of sp³-hybridized carbons (Fsp3) is 0.0952. The Balaban J connectivity index is 1.50. The van der Waals surface area contributed by atoms with Crippen molar-refractivity contribution < 1.29 is 0 Å². The van der Waals surface area contributed by atoms with E-state index in [1.807, 2.05) is 54.6 Å². The number of imidazole rings is 1. The lowest BCUT2D eigenvalue weighted by molar-refractivity contribution is 0.982. The standard InChI is InChI=1S/C21H16Cl2N6/c22-15-8-4-5-13(9-15)10-17-16(11-24)21(29-28-17)25-12-18-19(23)27-20(26-18)14-6-2-1-3-7-14/h1-9H,10,12H2,(H,26,27)(H2,25,28,29). The molecule has 0 fully saturated rings. The van der Waals surface area contributed by atoms with Crippen LogP contribution in [0.15, 0.2) is 54.6 Å². The Hall–Kier alpha value is -3.27. The fourth-order valence-corrected chi connectivity index (χ4v) is 3.43. The molecule has 2 aromatic heterocycles. The Morgan fingerprint density at radius 3 is 2.62 bits per heavy atom. The maximum absolute atomic E-state index is 9.60. The van der Waals surface area contributed by atoms with Gasteiger partial charge in [-0.15, -0.1) is 0 Å². The molecule has 2 aromatic carbocycles. The summed E-state index contributed by atoms with van der Waals surface area (Å²) in [5, 5.41) is 21.0. The summed E-state index contributed by atoms with van der Waals surface area (Å²) >= 11 is 12.3. The molecule has 0 atom stereocenters. The van der Waals surface area contributed by atoms with Crippen molar-refractivity contribution in [1.29, 1.82) is 5.26 Å². The lowest BCUT2D eigenvalue weighted by atomic mass is 10.1. The van der Waals surface area contributed by atoms with Gasteiger partial charge in [0.05, 0.1) is 17.9 Å². The van der Waals surface area contributed by atoms with Crippen molar-refractivity contribution in [3.8, 4) is 17.5 Å². The summed E-state index contributed by atoms with van der Waals surface area (Å²) in [5.41, 5.74) is 3.84. The van der Waals surface area contributed by atoms with E-state index >= 15 is 0 Å². The van der Waals surface area contributed by atoms with Crippen LogP contribution in [0.25, 0.3) is 11.4 Å². The number of nitriles is 1. The Morgan fingerprint density at radius 2 is 1.86 bits per heavy atom. The molecule has 144 valence electrons. The smallest absolute Gasteiger partial charge is 0.166 e. The van der Waals surface area contributed by atoms with Gasteiger partial charge >= 0.3 is 0 Å². The average Bonchev–Trinajstić information content (AvgIpc) is 3.29. The van der Waals surface area contributed by atoms with E-state index in [1.165, 1.54) is 0 Å². The summed E-state index contributed by atoms with van der Waals surface area (Å²) in [7, 11) is 0. The second-order valence-corrected chi connectivity index (χ2v) is 7.21. The Kier molecular flexibility index (Phi) is 5.52. The lowest BCUT2D eigenvalue weighted by Crippen LogP contribution is -2.02. The van der Waals surface area contributed by atoms with Gasteiger partial charge in [-0.25, -0.2) is 4.98 Å². The van der Waals surface area contributed by atoms with Gasteiger partial charge in [-0.1, -0.05) is 65.7 Å². The van der Waals surface area contributed by atoms with Gasteiger partial charge in [0.1, 0.15) is 17.5 Å². The van der Waals surface area contributed by atoms with Gasteiger partial charge < -0.3 is 10.3 Å². The number of hydrogen-bond donors (Lipinski definition) is 3. The quantitative estimate of drug-likeness (QED) is 0.398. The molecule has 8 heteroatoms. The molecule has 0 aliphatic rings. The van der Waals surface area contributed by atoms with E-state index in [4.69, 9.17) is 23.2 Å². The fourth-order valence-electron chi connectivity index (χ4n) is 3.02. The summed E-state index contributed by atoms with van der Waals surface area (Å²) in [6, 6.07) is 19.5. The van der Waals surface area contributed by atoms with E-state index in [-0.39, 0.29) is 0 Å². The van der Waals surface area contributed by atoms with Crippen LogP contribution in [0.2, 0.25) is 10.2 Å². The number of benzene rings is 2. The number of nitrogens with one attached hydrogen (secondary N) is 3. The molecule has 0 saturated carbocycles. The second kappa shape index (κ2) is 8.39. The molecule has 0 unspecified atom stereocenters. The highest BCUT2D eigenvalue weighted by Crippen LogP contribution is 2.24. The van der Waals surface area contributed by atoms with Gasteiger partial charge in [0, 0.05) is 17.0 Å². The third-order valence-electron chi connectivity index (χ3n) is 4.43. The van der Waals surface area contributed by atoms with Crippen molar-refractivity contribution in [2.75, 3.05) is 5.32 Å². The highest BCUT2D eigenvalue weighted by molar-refractivity contribution is 6.30. The first kappa shape index (κ1) is 19.1. The lowest BCUT2D eigenvalue weighted by Gasteiger charge is -2.03. The van der Waals surface area contributed by atoms with Crippen LogP contribution in [0.4, 0.5) is 5.82 Å². The molecule has 0 aliphatic heterocycles. The van der Waals surface area contributed by atoms with Crippen LogP contribution in [0, 0.1) is 11.3 Å². The first-order valence-corrected chi connectivity index (χ1v) is 9.65. The van der Waals surface area contributed by atoms with Crippen molar-refractivity contribution in [1.82, 2.24) is 20.2 Å². The van der Waals surface area contributed by atoms with Crippen LogP contribution < -0.4 is 5.32 Å². The molecule has 3 N–H and O–H groups in total. The highest BCUT2D eigenvalue weighted by atomic mass is 35.5. The van der Waals surface area contributed by atoms with Gasteiger partial charge in [0.25, 0.3) is 0 Å². The van der Waals surface area contributed by atoms with E-state index in [1.54, 1.807) is 0 Å². The minimum atomic E-state index is 0.356. The van der Waals surface area contributed by atoms with Gasteiger partial charge in [-0.3, -0.25) is 5.10 Å². The van der Waals surface area contributed by atoms with Crippen LogP contribution in [0.5, 0.6) is 0 Å². The SMILES string of the molecule is N#Cc1c(NCc2[nH]c(-c3ccccc3)nc2Cl)n[nH]c1Cc1cccc(Cl)c1. The molecule has 2 heterocycles. The molecule has 29 heavy (non-hydrogen) atoms. The summed E-state index contributed by atoms with van der Waals surface area (Å²) in [5.74, 6) is 1.16. The van der Waals surface area contributed by atoms with Gasteiger partial charge in [-0.05, 0) is 17.7 Å². The molecule has 0 aliphatic carbocycles. The zero-order valence-corrected chi connectivity index (χ0v) is 16.7. The number of H-pyrrole nitrogens is 2. The molecule has 0 amide bonds. The third-order valence-corrected chi connectivity index (χ3v) is 4.98. The Bertz CT molecular complexity index is 1170. The van der Waals surface area contributed by atoms with Gasteiger partial charge in [0.2, 0.25) is 0 Å².